The number of anilines is 2. The number of rotatable bonds is 4. The normalized spacial score (nSPS) is 18.0. The molecule has 1 fully saturated rings. The molecule has 0 saturated carbocycles. The smallest absolute Gasteiger partial charge is 0.414 e. The highest BCUT2D eigenvalue weighted by molar-refractivity contribution is 7.89. The summed E-state index contributed by atoms with van der Waals surface area (Å²) in [7, 11) is -1.95. The van der Waals surface area contributed by atoms with Gasteiger partial charge < -0.3 is 10.5 Å². The van der Waals surface area contributed by atoms with Gasteiger partial charge in [0.15, 0.2) is 0 Å². The Hall–Kier alpha value is -2.30. The van der Waals surface area contributed by atoms with E-state index in [0.717, 1.165) is 16.7 Å². The van der Waals surface area contributed by atoms with Crippen LogP contribution in [0.15, 0.2) is 35.2 Å². The number of hydrogen-bond donors (Lipinski definition) is 1. The van der Waals surface area contributed by atoms with E-state index < -0.39 is 22.8 Å². The van der Waals surface area contributed by atoms with E-state index in [1.165, 1.54) is 16.4 Å². The number of nitrogen functional groups attached to an aromatic ring is 1. The second-order valence-electron chi connectivity index (χ2n) is 7.81. The van der Waals surface area contributed by atoms with E-state index in [1.807, 2.05) is 26.0 Å². The van der Waals surface area contributed by atoms with Crippen LogP contribution < -0.4 is 16.1 Å². The number of amides is 1. The second-order valence-corrected chi connectivity index (χ2v) is 10.1. The van der Waals surface area contributed by atoms with Crippen molar-refractivity contribution in [2.75, 3.05) is 23.7 Å². The molecule has 164 valence electrons. The van der Waals surface area contributed by atoms with Crippen LogP contribution in [0.5, 0.6) is 0 Å². The Morgan fingerprint density at radius 3 is 2.61 bits per heavy atom. The zero-order chi connectivity index (χ0) is 22.3. The van der Waals surface area contributed by atoms with Crippen molar-refractivity contribution in [3.63, 3.8) is 0 Å². The number of hydrogen-bond acceptors (Lipinski definition) is 5. The lowest BCUT2D eigenvalue weighted by atomic mass is 9.92. The van der Waals surface area contributed by atoms with Gasteiger partial charge in [0, 0.05) is 35.3 Å². The largest absolute Gasteiger partial charge is 0.444 e. The van der Waals surface area contributed by atoms with Gasteiger partial charge in [-0.25, -0.2) is 17.6 Å². The monoisotopic (exact) mass is 465 g/mol. The minimum Gasteiger partial charge on any atom is -0.444 e. The molecular formula is C20H22BClFN3O4S. The Labute approximate surface area is 186 Å². The molecule has 0 unspecified atom stereocenters. The maximum absolute atomic E-state index is 13.2. The molecule has 2 aliphatic rings. The molecule has 0 spiro atoms. The van der Waals surface area contributed by atoms with Crippen LogP contribution in [0.25, 0.3) is 0 Å². The van der Waals surface area contributed by atoms with Gasteiger partial charge in [-0.1, -0.05) is 29.2 Å². The van der Waals surface area contributed by atoms with Crippen LogP contribution in [0, 0.1) is 0 Å². The van der Waals surface area contributed by atoms with Gasteiger partial charge in [0.25, 0.3) is 0 Å². The van der Waals surface area contributed by atoms with Crippen molar-refractivity contribution in [2.45, 2.75) is 37.1 Å². The van der Waals surface area contributed by atoms with Gasteiger partial charge in [-0.15, -0.1) is 0 Å². The van der Waals surface area contributed by atoms with Crippen molar-refractivity contribution in [2.24, 2.45) is 0 Å². The number of sulfonamides is 1. The molecule has 0 aromatic heterocycles. The summed E-state index contributed by atoms with van der Waals surface area (Å²) < 4.78 is 46.1. The van der Waals surface area contributed by atoms with Crippen LogP contribution in [0.3, 0.4) is 0 Å². The van der Waals surface area contributed by atoms with Crippen molar-refractivity contribution in [1.29, 1.82) is 0 Å². The van der Waals surface area contributed by atoms with Crippen molar-refractivity contribution in [1.82, 2.24) is 4.31 Å². The lowest BCUT2D eigenvalue weighted by molar-refractivity contribution is 0.136. The molecule has 2 N–H and O–H groups in total. The molecular weight excluding hydrogens is 444 g/mol. The average Bonchev–Trinajstić information content (AvgIpc) is 2.74. The van der Waals surface area contributed by atoms with Crippen LogP contribution >= 0.6 is 11.6 Å². The highest BCUT2D eigenvalue weighted by Crippen LogP contribution is 2.34. The van der Waals surface area contributed by atoms with Crippen LogP contribution in [-0.2, 0) is 28.0 Å². The Morgan fingerprint density at radius 2 is 1.94 bits per heavy atom. The lowest BCUT2D eigenvalue weighted by Crippen LogP contribution is -2.50. The number of ether oxygens (including phenoxy) is 1. The fraction of sp³-hybridized carbons (Fsp3) is 0.350. The Bertz CT molecular complexity index is 1140. The van der Waals surface area contributed by atoms with Crippen LogP contribution in [0.2, 0.25) is 5.02 Å². The molecule has 11 heteroatoms. The zero-order valence-electron chi connectivity index (χ0n) is 17.0. The maximum atomic E-state index is 13.2. The molecule has 2 aromatic carbocycles. The third-order valence-corrected chi connectivity index (χ3v) is 8.08. The van der Waals surface area contributed by atoms with Crippen molar-refractivity contribution in [3.8, 4) is 0 Å². The summed E-state index contributed by atoms with van der Waals surface area (Å²) in [6.07, 6.45) is 0.447. The maximum Gasteiger partial charge on any atom is 0.414 e. The number of halogens is 2. The number of fused-ring (bicyclic) bond motifs is 1. The summed E-state index contributed by atoms with van der Waals surface area (Å²) in [6, 6.07) is 8.10. The number of alkyl halides is 1. The fourth-order valence-electron chi connectivity index (χ4n) is 4.13. The predicted octanol–water partition coefficient (Wildman–Crippen LogP) is 1.96. The molecule has 7 nitrogen and oxygen atoms in total. The SMILES string of the molecule is Bc1ccc2c(c1)COC(=O)N2C1CCN(S(=O)(=O)c2cc(CF)c(Cl)cc2N)CC1. The molecule has 0 aliphatic carbocycles. The van der Waals surface area contributed by atoms with Gasteiger partial charge in [0.05, 0.1) is 11.4 Å². The molecule has 1 saturated heterocycles. The minimum atomic E-state index is -3.93. The molecule has 2 heterocycles. The van der Waals surface area contributed by atoms with E-state index in [2.05, 4.69) is 0 Å². The Morgan fingerprint density at radius 1 is 1.23 bits per heavy atom. The standard InChI is InChI=1S/C20H22BClFN3O4S/c21-14-1-2-18-13(7-14)11-30-20(27)26(18)15-3-5-25(6-4-15)31(28,29)19-8-12(10-23)16(22)9-17(19)24/h1-2,7-9,15H,3-6,10-11,21,24H2. The quantitative estimate of drug-likeness (QED) is 0.550. The Kier molecular flexibility index (Phi) is 5.89. The topological polar surface area (TPSA) is 92.9 Å². The zero-order valence-corrected chi connectivity index (χ0v) is 18.5. The second kappa shape index (κ2) is 8.33. The first-order valence-corrected chi connectivity index (χ1v) is 11.7. The fourth-order valence-corrected chi connectivity index (χ4v) is 5.97. The van der Waals surface area contributed by atoms with Crippen LogP contribution in [0.4, 0.5) is 20.6 Å². The van der Waals surface area contributed by atoms with E-state index in [0.29, 0.717) is 12.8 Å². The van der Waals surface area contributed by atoms with E-state index >= 15 is 0 Å². The summed E-state index contributed by atoms with van der Waals surface area (Å²) in [4.78, 5) is 14.0. The number of cyclic esters (lactones) is 1. The molecule has 2 aliphatic heterocycles. The van der Waals surface area contributed by atoms with Crippen molar-refractivity contribution < 1.29 is 22.3 Å². The number of benzene rings is 2. The van der Waals surface area contributed by atoms with Gasteiger partial charge in [0.2, 0.25) is 10.0 Å². The van der Waals surface area contributed by atoms with E-state index in [-0.39, 0.29) is 46.9 Å². The van der Waals surface area contributed by atoms with E-state index in [1.54, 1.807) is 4.90 Å². The Balaban J connectivity index is 1.55. The van der Waals surface area contributed by atoms with E-state index in [9.17, 15) is 17.6 Å². The number of nitrogens with two attached hydrogens (primary N) is 1. The van der Waals surface area contributed by atoms with Gasteiger partial charge in [-0.2, -0.15) is 4.31 Å². The summed E-state index contributed by atoms with van der Waals surface area (Å²) in [5.74, 6) is 0. The van der Waals surface area contributed by atoms with Gasteiger partial charge in [-0.05, 0) is 31.0 Å². The highest BCUT2D eigenvalue weighted by atomic mass is 35.5. The third kappa shape index (κ3) is 3.99. The first kappa shape index (κ1) is 21.9. The lowest BCUT2D eigenvalue weighted by Gasteiger charge is -2.40. The molecule has 0 atom stereocenters. The molecule has 2 aromatic rings. The molecule has 4 rings (SSSR count). The van der Waals surface area contributed by atoms with Crippen molar-refractivity contribution >= 4 is 52.4 Å². The summed E-state index contributed by atoms with van der Waals surface area (Å²) in [6.45, 7) is -0.262. The van der Waals surface area contributed by atoms with Crippen molar-refractivity contribution in [3.05, 3.63) is 46.5 Å². The molecule has 1 amide bonds. The van der Waals surface area contributed by atoms with E-state index in [4.69, 9.17) is 22.1 Å². The number of carbonyl (C=O) groups excluding carboxylic acids is 1. The minimum absolute atomic E-state index is 0.0202. The first-order valence-electron chi connectivity index (χ1n) is 9.92. The van der Waals surface area contributed by atoms with Gasteiger partial charge in [0.1, 0.15) is 26.0 Å². The molecule has 31 heavy (non-hydrogen) atoms. The third-order valence-electron chi connectivity index (χ3n) is 5.77. The molecule has 0 radical (unpaired) electrons. The molecule has 0 bridgehead atoms. The summed E-state index contributed by atoms with van der Waals surface area (Å²) in [5.41, 5.74) is 8.75. The van der Waals surface area contributed by atoms with Gasteiger partial charge >= 0.3 is 6.09 Å². The average molecular weight is 466 g/mol. The van der Waals surface area contributed by atoms with Crippen LogP contribution in [0.1, 0.15) is 24.0 Å². The summed E-state index contributed by atoms with van der Waals surface area (Å²) >= 11 is 5.93. The highest BCUT2D eigenvalue weighted by Gasteiger charge is 2.37. The van der Waals surface area contributed by atoms with Crippen LogP contribution in [-0.4, -0.2) is 45.8 Å². The number of piperidine rings is 1. The van der Waals surface area contributed by atoms with Gasteiger partial charge in [-0.3, -0.25) is 4.90 Å². The first-order chi connectivity index (χ1) is 14.7. The number of carbonyl (C=O) groups is 1. The predicted molar refractivity (Wildman–Crippen MR) is 120 cm³/mol. The number of nitrogens with zero attached hydrogens (tertiary/aromatic N) is 2. The summed E-state index contributed by atoms with van der Waals surface area (Å²) in [5, 5.41) is 0.0928.